The van der Waals surface area contributed by atoms with Gasteiger partial charge in [-0.3, -0.25) is 9.59 Å². The number of halogens is 2. The molecule has 0 radical (unpaired) electrons. The van der Waals surface area contributed by atoms with Crippen LogP contribution in [0.25, 0.3) is 0 Å². The highest BCUT2D eigenvalue weighted by Gasteiger charge is 2.52. The van der Waals surface area contributed by atoms with Crippen molar-refractivity contribution in [3.63, 3.8) is 0 Å². The lowest BCUT2D eigenvalue weighted by Gasteiger charge is -2.51. The molecule has 1 aliphatic rings. The lowest BCUT2D eigenvalue weighted by Crippen LogP contribution is -2.65. The second-order valence-corrected chi connectivity index (χ2v) is 13.8. The quantitative estimate of drug-likeness (QED) is 0.316. The van der Waals surface area contributed by atoms with E-state index in [-0.39, 0.29) is 46.6 Å². The maximum absolute atomic E-state index is 14.9. The van der Waals surface area contributed by atoms with Crippen LogP contribution in [0.1, 0.15) is 41.3 Å². The van der Waals surface area contributed by atoms with Crippen molar-refractivity contribution in [2.45, 2.75) is 25.2 Å². The Balaban J connectivity index is 1.73. The maximum Gasteiger partial charge on any atom is 0.253 e. The summed E-state index contributed by atoms with van der Waals surface area (Å²) in [5, 5.41) is 5.80. The number of carbonyl (C=O) groups excluding carboxylic acids is 2. The summed E-state index contributed by atoms with van der Waals surface area (Å²) >= 11 is 6.01. The van der Waals surface area contributed by atoms with E-state index in [2.05, 4.69) is 29.5 Å². The molecule has 1 aliphatic heterocycles. The topological polar surface area (TPSA) is 91.4 Å². The highest BCUT2D eigenvalue weighted by Crippen LogP contribution is 2.43. The van der Waals surface area contributed by atoms with Gasteiger partial charge < -0.3 is 20.1 Å². The van der Waals surface area contributed by atoms with Crippen LogP contribution in [-0.2, 0) is 14.8 Å². The van der Waals surface area contributed by atoms with Gasteiger partial charge in [0.15, 0.2) is 0 Å². The average molecular weight is 557 g/mol. The van der Waals surface area contributed by atoms with Gasteiger partial charge in [0, 0.05) is 31.1 Å². The number of anilines is 2. The zero-order chi connectivity index (χ0) is 27.8. The Kier molecular flexibility index (Phi) is 7.69. The number of nitrogens with one attached hydrogen (secondary N) is 2. The molecule has 0 bridgehead atoms. The Bertz CT molecular complexity index is 1450. The molecule has 2 N–H and O–H groups in total. The van der Waals surface area contributed by atoms with Crippen molar-refractivity contribution in [1.82, 2.24) is 10.3 Å². The molecule has 200 valence electrons. The predicted octanol–water partition coefficient (Wildman–Crippen LogP) is 5.00. The van der Waals surface area contributed by atoms with Crippen LogP contribution < -0.4 is 20.8 Å². The van der Waals surface area contributed by atoms with Crippen molar-refractivity contribution in [2.24, 2.45) is 0 Å². The molecule has 3 aromatic rings. The molecule has 1 saturated heterocycles. The molecule has 0 spiro atoms. The van der Waals surface area contributed by atoms with Crippen LogP contribution in [-0.4, -0.2) is 50.3 Å². The van der Waals surface area contributed by atoms with Crippen LogP contribution >= 0.6 is 18.7 Å². The Hall–Kier alpha value is -3.22. The van der Waals surface area contributed by atoms with E-state index >= 15 is 0 Å². The smallest absolute Gasteiger partial charge is 0.253 e. The molecular formula is C28H31ClFN4O3P. The Morgan fingerprint density at radius 1 is 1.13 bits per heavy atom. The second-order valence-electron chi connectivity index (χ2n) is 10.3. The fraction of sp³-hybridized carbons (Fsp3) is 0.321. The zero-order valence-corrected chi connectivity index (χ0v) is 23.7. The number of hydrogen-bond donors (Lipinski definition) is 2. The van der Waals surface area contributed by atoms with Gasteiger partial charge in [-0.05, 0) is 54.6 Å². The van der Waals surface area contributed by atoms with Crippen molar-refractivity contribution in [3.8, 4) is 0 Å². The first-order chi connectivity index (χ1) is 17.9. The molecule has 2 aromatic carbocycles. The molecule has 0 saturated carbocycles. The van der Waals surface area contributed by atoms with Crippen molar-refractivity contribution >= 4 is 47.2 Å². The summed E-state index contributed by atoms with van der Waals surface area (Å²) in [5.74, 6) is -1.08. The molecule has 2 amide bonds. The Labute approximate surface area is 227 Å². The number of benzene rings is 2. The van der Waals surface area contributed by atoms with E-state index < -0.39 is 24.3 Å². The number of nitrogens with zero attached hydrogens (tertiary/aromatic N) is 2. The summed E-state index contributed by atoms with van der Waals surface area (Å²) in [7, 11) is -1.27. The molecule has 1 aromatic heterocycles. The minimum Gasteiger partial charge on any atom is -0.368 e. The van der Waals surface area contributed by atoms with Crippen molar-refractivity contribution in [3.05, 3.63) is 82.4 Å². The van der Waals surface area contributed by atoms with Gasteiger partial charge in [0.1, 0.15) is 23.5 Å². The summed E-state index contributed by atoms with van der Waals surface area (Å²) in [4.78, 5) is 32.5. The first kappa shape index (κ1) is 27.8. The van der Waals surface area contributed by atoms with E-state index in [0.717, 1.165) is 11.1 Å². The summed E-state index contributed by atoms with van der Waals surface area (Å²) in [5.41, 5.74) is 1.98. The van der Waals surface area contributed by atoms with Gasteiger partial charge in [0.2, 0.25) is 5.91 Å². The lowest BCUT2D eigenvalue weighted by molar-refractivity contribution is -0.122. The van der Waals surface area contributed by atoms with Crippen LogP contribution in [0, 0.1) is 5.82 Å². The number of carbonyl (C=O) groups is 2. The van der Waals surface area contributed by atoms with Crippen LogP contribution in [0.5, 0.6) is 0 Å². The minimum absolute atomic E-state index is 0.130. The number of amides is 2. The molecule has 4 rings (SSSR count). The summed E-state index contributed by atoms with van der Waals surface area (Å²) in [6, 6.07) is 13.9. The normalized spacial score (nSPS) is 14.7. The molecule has 1 fully saturated rings. The van der Waals surface area contributed by atoms with E-state index in [1.807, 2.05) is 29.2 Å². The SMILES string of the molecule is CNC(=O)c1cc(Cl)ncc1NC(=O)C1(c2ccccc2C(C)C)CN(c2ccc(P(C)(C)=O)c(F)c2)C1. The zero-order valence-electron chi connectivity index (χ0n) is 22.0. The van der Waals surface area contributed by atoms with E-state index in [9.17, 15) is 18.5 Å². The monoisotopic (exact) mass is 556 g/mol. The molecular weight excluding hydrogens is 526 g/mol. The van der Waals surface area contributed by atoms with E-state index in [4.69, 9.17) is 11.6 Å². The maximum atomic E-state index is 14.9. The third-order valence-electron chi connectivity index (χ3n) is 6.92. The first-order valence-corrected chi connectivity index (χ1v) is 15.2. The van der Waals surface area contributed by atoms with E-state index in [1.165, 1.54) is 38.7 Å². The number of aromatic nitrogens is 1. The van der Waals surface area contributed by atoms with E-state index in [1.54, 1.807) is 12.1 Å². The molecule has 0 atom stereocenters. The van der Waals surface area contributed by atoms with Crippen molar-refractivity contribution < 1.29 is 18.5 Å². The largest absolute Gasteiger partial charge is 0.368 e. The van der Waals surface area contributed by atoms with Gasteiger partial charge in [0.25, 0.3) is 5.91 Å². The number of rotatable bonds is 7. The molecule has 0 unspecified atom stereocenters. The summed E-state index contributed by atoms with van der Waals surface area (Å²) < 4.78 is 27.3. The van der Waals surface area contributed by atoms with Gasteiger partial charge in [-0.2, -0.15) is 0 Å². The van der Waals surface area contributed by atoms with Crippen LogP contribution in [0.2, 0.25) is 5.15 Å². The highest BCUT2D eigenvalue weighted by molar-refractivity contribution is 7.70. The Morgan fingerprint density at radius 3 is 2.42 bits per heavy atom. The third kappa shape index (κ3) is 5.20. The summed E-state index contributed by atoms with van der Waals surface area (Å²) in [6.45, 7) is 7.77. The molecule has 10 heteroatoms. The average Bonchev–Trinajstić information content (AvgIpc) is 2.83. The molecule has 2 heterocycles. The van der Waals surface area contributed by atoms with Crippen LogP contribution in [0.4, 0.5) is 15.8 Å². The fourth-order valence-electron chi connectivity index (χ4n) is 4.88. The van der Waals surface area contributed by atoms with Crippen LogP contribution in [0.3, 0.4) is 0 Å². The van der Waals surface area contributed by atoms with Crippen molar-refractivity contribution in [2.75, 3.05) is 43.7 Å². The van der Waals surface area contributed by atoms with E-state index in [0.29, 0.717) is 5.69 Å². The highest BCUT2D eigenvalue weighted by atomic mass is 35.5. The van der Waals surface area contributed by atoms with Gasteiger partial charge in [-0.1, -0.05) is 49.7 Å². The fourth-order valence-corrected chi connectivity index (χ4v) is 6.05. The third-order valence-corrected chi connectivity index (χ3v) is 8.65. The predicted molar refractivity (Wildman–Crippen MR) is 151 cm³/mol. The van der Waals surface area contributed by atoms with Gasteiger partial charge in [-0.15, -0.1) is 0 Å². The lowest BCUT2D eigenvalue weighted by atomic mass is 9.69. The minimum atomic E-state index is -2.77. The van der Waals surface area contributed by atoms with Crippen LogP contribution in [0.15, 0.2) is 54.7 Å². The molecule has 0 aliphatic carbocycles. The number of pyridine rings is 1. The molecule has 7 nitrogen and oxygen atoms in total. The van der Waals surface area contributed by atoms with Gasteiger partial charge in [-0.25, -0.2) is 9.37 Å². The Morgan fingerprint density at radius 2 is 1.82 bits per heavy atom. The summed E-state index contributed by atoms with van der Waals surface area (Å²) in [6.07, 6.45) is 1.37. The van der Waals surface area contributed by atoms with Gasteiger partial charge in [0.05, 0.1) is 17.4 Å². The number of hydrogen-bond acceptors (Lipinski definition) is 5. The van der Waals surface area contributed by atoms with Gasteiger partial charge >= 0.3 is 0 Å². The second kappa shape index (κ2) is 10.5. The van der Waals surface area contributed by atoms with Crippen molar-refractivity contribution in [1.29, 1.82) is 0 Å². The molecule has 38 heavy (non-hydrogen) atoms. The standard InChI is InChI=1S/C28H31ClFN4O3P/c1-17(2)19-8-6-7-9-21(19)28(27(36)33-23-14-32-25(29)13-20(23)26(35)31-3)15-34(16-28)18-10-11-24(22(30)12-18)38(4,5)37/h6-14,17H,15-16H2,1-5H3,(H,31,35)(H,33,36). The first-order valence-electron chi connectivity index (χ1n) is 12.3.